The van der Waals surface area contributed by atoms with Crippen LogP contribution in [-0.2, 0) is 0 Å². The van der Waals surface area contributed by atoms with Gasteiger partial charge in [0.05, 0.1) is 24.8 Å². The van der Waals surface area contributed by atoms with Crippen molar-refractivity contribution in [2.75, 3.05) is 20.3 Å². The summed E-state index contributed by atoms with van der Waals surface area (Å²) in [5.41, 5.74) is 1.18. The summed E-state index contributed by atoms with van der Waals surface area (Å²) in [7, 11) is 1.62. The second-order valence-electron chi connectivity index (χ2n) is 6.34. The van der Waals surface area contributed by atoms with Crippen molar-refractivity contribution in [1.82, 2.24) is 5.32 Å². The standard InChI is InChI=1S/C24H22N2O3S/c1-28-19-11-13-20(14-12-19)29-16-6-15-26-24(27)21-8-3-5-10-23(21)30-22-9-4-2-7-18(22)17-25/h2-5,7-14H,6,15-16H2,1H3,(H,26,27). The highest BCUT2D eigenvalue weighted by Crippen LogP contribution is 2.32. The molecule has 0 fully saturated rings. The first-order valence-corrected chi connectivity index (χ1v) is 10.3. The minimum atomic E-state index is -0.142. The Morgan fingerprint density at radius 3 is 2.37 bits per heavy atom. The quantitative estimate of drug-likeness (QED) is 0.500. The molecule has 152 valence electrons. The number of amides is 1. The zero-order valence-electron chi connectivity index (χ0n) is 16.6. The van der Waals surface area contributed by atoms with Crippen LogP contribution < -0.4 is 14.8 Å². The first kappa shape index (κ1) is 21.3. The fourth-order valence-electron chi connectivity index (χ4n) is 2.74. The number of nitriles is 1. The van der Waals surface area contributed by atoms with Gasteiger partial charge in [-0.2, -0.15) is 5.26 Å². The smallest absolute Gasteiger partial charge is 0.252 e. The normalized spacial score (nSPS) is 10.1. The Morgan fingerprint density at radius 1 is 0.967 bits per heavy atom. The van der Waals surface area contributed by atoms with Gasteiger partial charge >= 0.3 is 0 Å². The van der Waals surface area contributed by atoms with E-state index in [0.717, 1.165) is 21.3 Å². The lowest BCUT2D eigenvalue weighted by Gasteiger charge is -2.11. The van der Waals surface area contributed by atoms with Crippen LogP contribution in [0.3, 0.4) is 0 Å². The number of ether oxygens (including phenoxy) is 2. The molecule has 0 aliphatic carbocycles. The summed E-state index contributed by atoms with van der Waals surface area (Å²) in [6.45, 7) is 1.00. The molecule has 3 rings (SSSR count). The number of benzene rings is 3. The van der Waals surface area contributed by atoms with Gasteiger partial charge < -0.3 is 14.8 Å². The van der Waals surface area contributed by atoms with E-state index in [4.69, 9.17) is 9.47 Å². The second-order valence-corrected chi connectivity index (χ2v) is 7.42. The van der Waals surface area contributed by atoms with Gasteiger partial charge in [-0.1, -0.05) is 36.0 Å². The molecule has 5 nitrogen and oxygen atoms in total. The van der Waals surface area contributed by atoms with E-state index in [1.807, 2.05) is 60.7 Å². The van der Waals surface area contributed by atoms with Crippen molar-refractivity contribution in [2.24, 2.45) is 0 Å². The van der Waals surface area contributed by atoms with Crippen molar-refractivity contribution < 1.29 is 14.3 Å². The molecule has 0 aliphatic rings. The molecule has 0 saturated carbocycles. The summed E-state index contributed by atoms with van der Waals surface area (Å²) in [4.78, 5) is 14.3. The van der Waals surface area contributed by atoms with Crippen LogP contribution in [0.25, 0.3) is 0 Å². The van der Waals surface area contributed by atoms with Crippen LogP contribution in [0.4, 0.5) is 0 Å². The molecule has 0 unspecified atom stereocenters. The average Bonchev–Trinajstić information content (AvgIpc) is 2.80. The molecule has 1 amide bonds. The molecule has 0 aromatic heterocycles. The van der Waals surface area contributed by atoms with E-state index in [1.54, 1.807) is 19.2 Å². The molecule has 0 spiro atoms. The first-order chi connectivity index (χ1) is 14.7. The second kappa shape index (κ2) is 10.9. The Labute approximate surface area is 180 Å². The molecule has 6 heteroatoms. The maximum Gasteiger partial charge on any atom is 0.252 e. The largest absolute Gasteiger partial charge is 0.497 e. The van der Waals surface area contributed by atoms with Gasteiger partial charge in [0.15, 0.2) is 0 Å². The van der Waals surface area contributed by atoms with Crippen LogP contribution in [0.5, 0.6) is 11.5 Å². The number of carbonyl (C=O) groups is 1. The molecule has 3 aromatic rings. The van der Waals surface area contributed by atoms with Crippen LogP contribution >= 0.6 is 11.8 Å². The molecular weight excluding hydrogens is 396 g/mol. The lowest BCUT2D eigenvalue weighted by molar-refractivity contribution is 0.0948. The molecule has 0 radical (unpaired) electrons. The van der Waals surface area contributed by atoms with E-state index < -0.39 is 0 Å². The average molecular weight is 419 g/mol. The predicted octanol–water partition coefficient (Wildman–Crippen LogP) is 4.92. The number of hydrogen-bond acceptors (Lipinski definition) is 5. The van der Waals surface area contributed by atoms with Gasteiger partial charge in [-0.3, -0.25) is 4.79 Å². The summed E-state index contributed by atoms with van der Waals surface area (Å²) in [5, 5.41) is 12.2. The Bertz CT molecular complexity index is 1030. The highest BCUT2D eigenvalue weighted by atomic mass is 32.2. The van der Waals surface area contributed by atoms with Crippen LogP contribution in [-0.4, -0.2) is 26.2 Å². The first-order valence-electron chi connectivity index (χ1n) is 9.52. The van der Waals surface area contributed by atoms with Gasteiger partial charge in [-0.25, -0.2) is 0 Å². The number of carbonyl (C=O) groups excluding carboxylic acids is 1. The summed E-state index contributed by atoms with van der Waals surface area (Å²) in [6, 6.07) is 24.3. The van der Waals surface area contributed by atoms with Crippen molar-refractivity contribution >= 4 is 17.7 Å². The fraction of sp³-hybridized carbons (Fsp3) is 0.167. The van der Waals surface area contributed by atoms with Crippen LogP contribution in [0.15, 0.2) is 82.6 Å². The summed E-state index contributed by atoms with van der Waals surface area (Å²) in [6.07, 6.45) is 0.685. The van der Waals surface area contributed by atoms with Crippen LogP contribution in [0, 0.1) is 11.3 Å². The van der Waals surface area contributed by atoms with Gasteiger partial charge in [0.1, 0.15) is 17.6 Å². The number of rotatable bonds is 9. The zero-order valence-corrected chi connectivity index (χ0v) is 17.4. The van der Waals surface area contributed by atoms with Gasteiger partial charge in [0.2, 0.25) is 0 Å². The van der Waals surface area contributed by atoms with Crippen LogP contribution in [0.1, 0.15) is 22.3 Å². The molecule has 0 saturated heterocycles. The third kappa shape index (κ3) is 5.79. The SMILES string of the molecule is COc1ccc(OCCCNC(=O)c2ccccc2Sc2ccccc2C#N)cc1. The maximum absolute atomic E-state index is 12.7. The van der Waals surface area contributed by atoms with Crippen molar-refractivity contribution in [3.8, 4) is 17.6 Å². The fourth-order valence-corrected chi connectivity index (χ4v) is 3.77. The zero-order chi connectivity index (χ0) is 21.2. The lowest BCUT2D eigenvalue weighted by Crippen LogP contribution is -2.26. The van der Waals surface area contributed by atoms with E-state index in [-0.39, 0.29) is 5.91 Å². The predicted molar refractivity (Wildman–Crippen MR) is 117 cm³/mol. The monoisotopic (exact) mass is 418 g/mol. The van der Waals surface area contributed by atoms with Crippen LogP contribution in [0.2, 0.25) is 0 Å². The third-order valence-electron chi connectivity index (χ3n) is 4.29. The van der Waals surface area contributed by atoms with Gasteiger partial charge in [0.25, 0.3) is 5.91 Å². The maximum atomic E-state index is 12.7. The van der Waals surface area contributed by atoms with Crippen molar-refractivity contribution in [3.63, 3.8) is 0 Å². The molecule has 0 heterocycles. The number of nitrogens with one attached hydrogen (secondary N) is 1. The summed E-state index contributed by atoms with van der Waals surface area (Å²) in [5.74, 6) is 1.40. The highest BCUT2D eigenvalue weighted by Gasteiger charge is 2.13. The molecule has 30 heavy (non-hydrogen) atoms. The van der Waals surface area contributed by atoms with E-state index in [2.05, 4.69) is 11.4 Å². The van der Waals surface area contributed by atoms with E-state index in [0.29, 0.717) is 30.7 Å². The van der Waals surface area contributed by atoms with Gasteiger partial charge in [-0.05, 0) is 55.0 Å². The Morgan fingerprint density at radius 2 is 1.63 bits per heavy atom. The lowest BCUT2D eigenvalue weighted by atomic mass is 10.2. The topological polar surface area (TPSA) is 71.3 Å². The van der Waals surface area contributed by atoms with E-state index in [1.165, 1.54) is 11.8 Å². The number of hydrogen-bond donors (Lipinski definition) is 1. The third-order valence-corrected chi connectivity index (χ3v) is 5.45. The van der Waals surface area contributed by atoms with Crippen molar-refractivity contribution in [2.45, 2.75) is 16.2 Å². The number of methoxy groups -OCH3 is 1. The van der Waals surface area contributed by atoms with E-state index >= 15 is 0 Å². The van der Waals surface area contributed by atoms with Crippen molar-refractivity contribution in [1.29, 1.82) is 5.26 Å². The Hall–Kier alpha value is -3.43. The Kier molecular flexibility index (Phi) is 7.76. The summed E-state index contributed by atoms with van der Waals surface area (Å²) < 4.78 is 10.8. The molecular formula is C24H22N2O3S. The molecule has 0 bridgehead atoms. The minimum absolute atomic E-state index is 0.142. The minimum Gasteiger partial charge on any atom is -0.497 e. The Balaban J connectivity index is 1.52. The highest BCUT2D eigenvalue weighted by molar-refractivity contribution is 7.99. The molecule has 3 aromatic carbocycles. The molecule has 0 atom stereocenters. The van der Waals surface area contributed by atoms with Gasteiger partial charge in [0, 0.05) is 16.3 Å². The van der Waals surface area contributed by atoms with Gasteiger partial charge in [-0.15, -0.1) is 0 Å². The van der Waals surface area contributed by atoms with E-state index in [9.17, 15) is 10.1 Å². The molecule has 1 N–H and O–H groups in total. The molecule has 0 aliphatic heterocycles. The van der Waals surface area contributed by atoms with Crippen molar-refractivity contribution in [3.05, 3.63) is 83.9 Å². The summed E-state index contributed by atoms with van der Waals surface area (Å²) >= 11 is 1.42. The number of nitrogens with zero attached hydrogens (tertiary/aromatic N) is 1.